The first-order chi connectivity index (χ1) is 8.08. The third-order valence-electron chi connectivity index (χ3n) is 3.47. The fourth-order valence-corrected chi connectivity index (χ4v) is 2.25. The molecule has 2 rings (SSSR count). The largest absolute Gasteiger partial charge is 0.349 e. The van der Waals surface area contributed by atoms with Crippen molar-refractivity contribution in [3.8, 4) is 0 Å². The van der Waals surface area contributed by atoms with Crippen molar-refractivity contribution in [2.24, 2.45) is 11.8 Å². The van der Waals surface area contributed by atoms with Crippen molar-refractivity contribution < 1.29 is 4.79 Å². The Balaban J connectivity index is 1.93. The lowest BCUT2D eigenvalue weighted by Gasteiger charge is -2.17. The molecule has 2 atom stereocenters. The molecule has 2 nitrogen and oxygen atoms in total. The van der Waals surface area contributed by atoms with E-state index < -0.39 is 0 Å². The van der Waals surface area contributed by atoms with Gasteiger partial charge in [-0.2, -0.15) is 0 Å². The number of hydrogen-bond donors (Lipinski definition) is 1. The first-order valence-electron chi connectivity index (χ1n) is 6.14. The van der Waals surface area contributed by atoms with Crippen LogP contribution in [0.1, 0.15) is 38.3 Å². The quantitative estimate of drug-likeness (QED) is 0.902. The van der Waals surface area contributed by atoms with Crippen LogP contribution in [0.25, 0.3) is 0 Å². The van der Waals surface area contributed by atoms with Gasteiger partial charge in [0.2, 0.25) is 5.91 Å². The molecule has 1 aromatic carbocycles. The minimum atomic E-state index is 0.0804. The monoisotopic (exact) mass is 295 g/mol. The number of halogens is 1. The van der Waals surface area contributed by atoms with E-state index in [0.29, 0.717) is 5.92 Å². The van der Waals surface area contributed by atoms with Gasteiger partial charge in [0, 0.05) is 10.4 Å². The Morgan fingerprint density at radius 1 is 1.29 bits per heavy atom. The van der Waals surface area contributed by atoms with Crippen LogP contribution < -0.4 is 5.32 Å². The van der Waals surface area contributed by atoms with Gasteiger partial charge in [-0.1, -0.05) is 35.0 Å². The van der Waals surface area contributed by atoms with Crippen LogP contribution in [0.15, 0.2) is 28.7 Å². The summed E-state index contributed by atoms with van der Waals surface area (Å²) in [6.45, 7) is 4.06. The Labute approximate surface area is 111 Å². The van der Waals surface area contributed by atoms with Gasteiger partial charge in [-0.15, -0.1) is 0 Å². The zero-order valence-electron chi connectivity index (χ0n) is 10.2. The molecule has 0 radical (unpaired) electrons. The molecule has 1 saturated carbocycles. The van der Waals surface area contributed by atoms with Crippen molar-refractivity contribution in [1.29, 1.82) is 0 Å². The Morgan fingerprint density at radius 3 is 2.41 bits per heavy atom. The van der Waals surface area contributed by atoms with Crippen LogP contribution in [-0.4, -0.2) is 5.91 Å². The van der Waals surface area contributed by atoms with E-state index in [1.807, 2.05) is 38.1 Å². The molecule has 3 heteroatoms. The molecular weight excluding hydrogens is 278 g/mol. The second kappa shape index (κ2) is 5.21. The van der Waals surface area contributed by atoms with E-state index in [9.17, 15) is 4.79 Å². The third-order valence-corrected chi connectivity index (χ3v) is 4.00. The zero-order chi connectivity index (χ0) is 12.4. The lowest BCUT2D eigenvalue weighted by molar-refractivity contribution is -0.125. The van der Waals surface area contributed by atoms with Gasteiger partial charge >= 0.3 is 0 Å². The fourth-order valence-electron chi connectivity index (χ4n) is 1.99. The highest BCUT2D eigenvalue weighted by Crippen LogP contribution is 2.36. The maximum Gasteiger partial charge on any atom is 0.223 e. The molecule has 17 heavy (non-hydrogen) atoms. The van der Waals surface area contributed by atoms with Crippen LogP contribution in [0, 0.1) is 11.8 Å². The lowest BCUT2D eigenvalue weighted by Crippen LogP contribution is -2.32. The maximum atomic E-state index is 12.0. The molecule has 92 valence electrons. The molecule has 1 N–H and O–H groups in total. The predicted octanol–water partition coefficient (Wildman–Crippen LogP) is 3.67. The highest BCUT2D eigenvalue weighted by Gasteiger charge is 2.32. The SMILES string of the molecule is CC(NC(=O)C(C)C1CC1)c1ccc(Br)cc1. The van der Waals surface area contributed by atoms with E-state index in [1.54, 1.807) is 0 Å². The Morgan fingerprint density at radius 2 is 1.88 bits per heavy atom. The highest BCUT2D eigenvalue weighted by molar-refractivity contribution is 9.10. The summed E-state index contributed by atoms with van der Waals surface area (Å²) in [5.41, 5.74) is 1.14. The Hall–Kier alpha value is -0.830. The summed E-state index contributed by atoms with van der Waals surface area (Å²) in [5, 5.41) is 3.08. The standard InChI is InChI=1S/C14H18BrNO/c1-9(11-3-4-11)14(17)16-10(2)12-5-7-13(15)8-6-12/h5-11H,3-4H2,1-2H3,(H,16,17). The summed E-state index contributed by atoms with van der Waals surface area (Å²) in [5.74, 6) is 0.961. The number of nitrogens with one attached hydrogen (secondary N) is 1. The predicted molar refractivity (Wildman–Crippen MR) is 72.6 cm³/mol. The number of benzene rings is 1. The molecule has 0 bridgehead atoms. The van der Waals surface area contributed by atoms with Crippen molar-refractivity contribution in [3.63, 3.8) is 0 Å². The number of carbonyl (C=O) groups is 1. The summed E-state index contributed by atoms with van der Waals surface area (Å²) >= 11 is 3.41. The first kappa shape index (κ1) is 12.6. The van der Waals surface area contributed by atoms with E-state index in [1.165, 1.54) is 12.8 Å². The minimum Gasteiger partial charge on any atom is -0.349 e. The van der Waals surface area contributed by atoms with Crippen LogP contribution >= 0.6 is 15.9 Å². The van der Waals surface area contributed by atoms with Crippen LogP contribution in [0.5, 0.6) is 0 Å². The Bertz CT molecular complexity index is 397. The van der Waals surface area contributed by atoms with Crippen molar-refractivity contribution in [3.05, 3.63) is 34.3 Å². The molecule has 0 saturated heterocycles. The van der Waals surface area contributed by atoms with Crippen molar-refractivity contribution in [1.82, 2.24) is 5.32 Å². The summed E-state index contributed by atoms with van der Waals surface area (Å²) in [6, 6.07) is 8.16. The molecule has 0 heterocycles. The van der Waals surface area contributed by atoms with E-state index >= 15 is 0 Å². The van der Waals surface area contributed by atoms with Gasteiger partial charge in [-0.3, -0.25) is 4.79 Å². The van der Waals surface area contributed by atoms with E-state index in [4.69, 9.17) is 0 Å². The van der Waals surface area contributed by atoms with Crippen LogP contribution in [0.3, 0.4) is 0 Å². The van der Waals surface area contributed by atoms with Gasteiger partial charge in [0.15, 0.2) is 0 Å². The lowest BCUT2D eigenvalue weighted by atomic mass is 10.0. The molecular formula is C14H18BrNO. The number of hydrogen-bond acceptors (Lipinski definition) is 1. The van der Waals surface area contributed by atoms with Gasteiger partial charge in [0.25, 0.3) is 0 Å². The molecule has 1 amide bonds. The molecule has 0 spiro atoms. The van der Waals surface area contributed by atoms with Crippen molar-refractivity contribution >= 4 is 21.8 Å². The van der Waals surface area contributed by atoms with Crippen LogP contribution in [0.2, 0.25) is 0 Å². The topological polar surface area (TPSA) is 29.1 Å². The van der Waals surface area contributed by atoms with Crippen LogP contribution in [-0.2, 0) is 4.79 Å². The summed E-state index contributed by atoms with van der Waals surface area (Å²) in [4.78, 5) is 12.0. The Kier molecular flexibility index (Phi) is 3.87. The number of carbonyl (C=O) groups excluding carboxylic acids is 1. The summed E-state index contributed by atoms with van der Waals surface area (Å²) in [6.07, 6.45) is 2.42. The number of amides is 1. The normalized spacial score (nSPS) is 18.5. The number of rotatable bonds is 4. The maximum absolute atomic E-state index is 12.0. The molecule has 1 fully saturated rings. The van der Waals surface area contributed by atoms with Crippen LogP contribution in [0.4, 0.5) is 0 Å². The zero-order valence-corrected chi connectivity index (χ0v) is 11.8. The summed E-state index contributed by atoms with van der Waals surface area (Å²) < 4.78 is 1.06. The first-order valence-corrected chi connectivity index (χ1v) is 6.93. The highest BCUT2D eigenvalue weighted by atomic mass is 79.9. The van der Waals surface area contributed by atoms with Gasteiger partial charge < -0.3 is 5.32 Å². The average molecular weight is 296 g/mol. The smallest absolute Gasteiger partial charge is 0.223 e. The molecule has 1 aliphatic carbocycles. The fraction of sp³-hybridized carbons (Fsp3) is 0.500. The van der Waals surface area contributed by atoms with E-state index in [0.717, 1.165) is 10.0 Å². The average Bonchev–Trinajstić information content (AvgIpc) is 3.12. The van der Waals surface area contributed by atoms with Gasteiger partial charge in [0.1, 0.15) is 0 Å². The molecule has 1 aliphatic rings. The second-order valence-electron chi connectivity index (χ2n) is 4.91. The van der Waals surface area contributed by atoms with Crippen molar-refractivity contribution in [2.75, 3.05) is 0 Å². The minimum absolute atomic E-state index is 0.0804. The van der Waals surface area contributed by atoms with Gasteiger partial charge in [-0.25, -0.2) is 0 Å². The second-order valence-corrected chi connectivity index (χ2v) is 5.82. The molecule has 1 aromatic rings. The van der Waals surface area contributed by atoms with Crippen molar-refractivity contribution in [2.45, 2.75) is 32.7 Å². The van der Waals surface area contributed by atoms with E-state index in [-0.39, 0.29) is 17.9 Å². The summed E-state index contributed by atoms with van der Waals surface area (Å²) in [7, 11) is 0. The molecule has 2 unspecified atom stereocenters. The van der Waals surface area contributed by atoms with E-state index in [2.05, 4.69) is 21.2 Å². The third kappa shape index (κ3) is 3.32. The molecule has 0 aliphatic heterocycles. The van der Waals surface area contributed by atoms with Gasteiger partial charge in [-0.05, 0) is 43.4 Å². The molecule has 0 aromatic heterocycles. The van der Waals surface area contributed by atoms with Gasteiger partial charge in [0.05, 0.1) is 6.04 Å².